The van der Waals surface area contributed by atoms with Gasteiger partial charge in [0.25, 0.3) is 0 Å². The molecule has 0 spiro atoms. The van der Waals surface area contributed by atoms with Crippen molar-refractivity contribution in [3.8, 4) is 11.9 Å². The number of nitriles is 1. The van der Waals surface area contributed by atoms with Gasteiger partial charge in [-0.15, -0.1) is 10.2 Å². The second-order valence-electron chi connectivity index (χ2n) is 3.63. The normalized spacial score (nSPS) is 9.89. The average Bonchev–Trinajstić information content (AvgIpc) is 2.95. The molecule has 0 amide bonds. The van der Waals surface area contributed by atoms with Gasteiger partial charge in [0, 0.05) is 18.0 Å². The van der Waals surface area contributed by atoms with Crippen molar-refractivity contribution in [3.05, 3.63) is 34.8 Å². The molecular formula is C12H11ClN4OS. The molecule has 2 rings (SSSR count). The molecule has 1 heterocycles. The summed E-state index contributed by atoms with van der Waals surface area (Å²) in [5.74, 6) is 0.767. The van der Waals surface area contributed by atoms with Crippen molar-refractivity contribution >= 4 is 28.1 Å². The zero-order valence-corrected chi connectivity index (χ0v) is 11.6. The third kappa shape index (κ3) is 4.09. The van der Waals surface area contributed by atoms with Gasteiger partial charge in [0.2, 0.25) is 5.13 Å². The zero-order valence-electron chi connectivity index (χ0n) is 9.99. The average molecular weight is 295 g/mol. The minimum absolute atomic E-state index is 0.526. The lowest BCUT2D eigenvalue weighted by Gasteiger charge is -2.11. The van der Waals surface area contributed by atoms with E-state index in [-0.39, 0.29) is 0 Å². The van der Waals surface area contributed by atoms with Crippen molar-refractivity contribution in [2.24, 2.45) is 0 Å². The summed E-state index contributed by atoms with van der Waals surface area (Å²) < 4.78 is 5.55. The van der Waals surface area contributed by atoms with Crippen LogP contribution >= 0.6 is 22.9 Å². The van der Waals surface area contributed by atoms with Gasteiger partial charge >= 0.3 is 0 Å². The second-order valence-corrected chi connectivity index (χ2v) is 4.88. The Bertz CT molecular complexity index is 538. The van der Waals surface area contributed by atoms with Crippen LogP contribution in [0, 0.1) is 11.5 Å². The van der Waals surface area contributed by atoms with Crippen molar-refractivity contribution in [1.29, 1.82) is 5.26 Å². The highest BCUT2D eigenvalue weighted by Crippen LogP contribution is 2.17. The van der Waals surface area contributed by atoms with Gasteiger partial charge in [-0.2, -0.15) is 5.26 Å². The van der Waals surface area contributed by atoms with Gasteiger partial charge in [-0.25, -0.2) is 0 Å². The molecule has 0 unspecified atom stereocenters. The molecule has 0 fully saturated rings. The summed E-state index contributed by atoms with van der Waals surface area (Å²) in [6, 6.07) is 7.18. The van der Waals surface area contributed by atoms with E-state index in [1.54, 1.807) is 17.6 Å². The smallest absolute Gasteiger partial charge is 0.221 e. The second kappa shape index (κ2) is 6.92. The number of aromatic nitrogens is 2. The molecule has 0 aliphatic heterocycles. The molecule has 2 aromatic rings. The highest BCUT2D eigenvalue weighted by Gasteiger charge is 2.08. The molecule has 0 aliphatic carbocycles. The lowest BCUT2D eigenvalue weighted by atomic mass is 10.3. The monoisotopic (exact) mass is 294 g/mol. The molecule has 0 saturated carbocycles. The first-order valence-electron chi connectivity index (χ1n) is 5.61. The van der Waals surface area contributed by atoms with Gasteiger partial charge < -0.3 is 4.74 Å². The first-order chi connectivity index (χ1) is 9.29. The Morgan fingerprint density at radius 1 is 1.37 bits per heavy atom. The third-order valence-electron chi connectivity index (χ3n) is 2.31. The van der Waals surface area contributed by atoms with Crippen molar-refractivity contribution < 1.29 is 4.74 Å². The van der Waals surface area contributed by atoms with E-state index >= 15 is 0 Å². The van der Waals surface area contributed by atoms with Crippen molar-refractivity contribution in [2.45, 2.75) is 6.42 Å². The van der Waals surface area contributed by atoms with Crippen molar-refractivity contribution in [1.82, 2.24) is 10.2 Å². The van der Waals surface area contributed by atoms with E-state index < -0.39 is 0 Å². The number of nitrogens with zero attached hydrogens (tertiary/aromatic N) is 4. The molecule has 0 atom stereocenters. The third-order valence-corrected chi connectivity index (χ3v) is 3.27. The maximum absolute atomic E-state index is 9.00. The molecule has 1 aromatic heterocycles. The zero-order chi connectivity index (χ0) is 13.5. The van der Waals surface area contributed by atoms with E-state index in [1.165, 1.54) is 16.2 Å². The number of rotatable bonds is 6. The number of anilines is 1. The summed E-state index contributed by atoms with van der Waals surface area (Å²) in [4.78, 5) is 1.50. The fourth-order valence-electron chi connectivity index (χ4n) is 1.42. The Balaban J connectivity index is 1.74. The van der Waals surface area contributed by atoms with Gasteiger partial charge in [-0.3, -0.25) is 4.90 Å². The van der Waals surface area contributed by atoms with E-state index in [0.717, 1.165) is 12.2 Å². The minimum atomic E-state index is 0.526. The highest BCUT2D eigenvalue weighted by atomic mass is 35.5. The fourth-order valence-corrected chi connectivity index (χ4v) is 2.08. The predicted molar refractivity (Wildman–Crippen MR) is 74.4 cm³/mol. The van der Waals surface area contributed by atoms with Crippen LogP contribution < -0.4 is 9.64 Å². The Hall–Kier alpha value is -1.84. The Labute approximate surface area is 120 Å². The van der Waals surface area contributed by atoms with Gasteiger partial charge in [0.1, 0.15) is 11.3 Å². The number of hydrogen-bond acceptors (Lipinski definition) is 6. The van der Waals surface area contributed by atoms with Gasteiger partial charge in [0.05, 0.1) is 6.61 Å². The number of benzene rings is 1. The number of hydrogen-bond donors (Lipinski definition) is 0. The lowest BCUT2D eigenvalue weighted by Crippen LogP contribution is -2.19. The molecule has 0 N–H and O–H groups in total. The van der Waals surface area contributed by atoms with Crippen LogP contribution in [-0.4, -0.2) is 23.3 Å². The molecule has 0 aliphatic rings. The number of ether oxygens (including phenoxy) is 1. The van der Waals surface area contributed by atoms with Crippen LogP contribution in [0.4, 0.5) is 5.13 Å². The van der Waals surface area contributed by atoms with E-state index in [1.807, 2.05) is 12.1 Å². The van der Waals surface area contributed by atoms with Crippen LogP contribution in [0.5, 0.6) is 5.75 Å². The lowest BCUT2D eigenvalue weighted by molar-refractivity contribution is 0.313. The van der Waals surface area contributed by atoms with E-state index in [2.05, 4.69) is 16.4 Å². The molecule has 1 aromatic carbocycles. The molecule has 98 valence electrons. The van der Waals surface area contributed by atoms with Gasteiger partial charge in [-0.1, -0.05) is 22.9 Å². The molecule has 19 heavy (non-hydrogen) atoms. The van der Waals surface area contributed by atoms with Crippen LogP contribution in [0.25, 0.3) is 0 Å². The maximum atomic E-state index is 9.00. The Morgan fingerprint density at radius 3 is 2.79 bits per heavy atom. The highest BCUT2D eigenvalue weighted by molar-refractivity contribution is 7.13. The van der Waals surface area contributed by atoms with Crippen LogP contribution in [-0.2, 0) is 0 Å². The molecule has 7 heteroatoms. The summed E-state index contributed by atoms with van der Waals surface area (Å²) in [5.41, 5.74) is 1.60. The summed E-state index contributed by atoms with van der Waals surface area (Å²) in [5, 5.41) is 17.8. The van der Waals surface area contributed by atoms with Gasteiger partial charge in [-0.05, 0) is 24.3 Å². The molecular weight excluding hydrogens is 284 g/mol. The first kappa shape index (κ1) is 13.6. The molecule has 0 saturated heterocycles. The van der Waals surface area contributed by atoms with E-state index in [4.69, 9.17) is 21.6 Å². The van der Waals surface area contributed by atoms with Crippen LogP contribution in [0.3, 0.4) is 0 Å². The molecule has 5 nitrogen and oxygen atoms in total. The largest absolute Gasteiger partial charge is 0.494 e. The minimum Gasteiger partial charge on any atom is -0.494 e. The van der Waals surface area contributed by atoms with Crippen molar-refractivity contribution in [3.63, 3.8) is 0 Å². The van der Waals surface area contributed by atoms with E-state index in [0.29, 0.717) is 23.3 Å². The number of halogens is 1. The van der Waals surface area contributed by atoms with Crippen molar-refractivity contribution in [2.75, 3.05) is 18.1 Å². The van der Waals surface area contributed by atoms with Crippen LogP contribution in [0.2, 0.25) is 5.02 Å². The summed E-state index contributed by atoms with van der Waals surface area (Å²) >= 11 is 7.12. The topological polar surface area (TPSA) is 62.0 Å². The van der Waals surface area contributed by atoms with Crippen LogP contribution in [0.15, 0.2) is 29.8 Å². The molecule has 0 radical (unpaired) electrons. The SMILES string of the molecule is N#CN(CCCOc1ccc(Cl)cc1)c1nncs1. The Morgan fingerprint density at radius 2 is 2.16 bits per heavy atom. The molecule has 0 bridgehead atoms. The fraction of sp³-hybridized carbons (Fsp3) is 0.250. The van der Waals surface area contributed by atoms with E-state index in [9.17, 15) is 0 Å². The summed E-state index contributed by atoms with van der Waals surface area (Å²) in [6.07, 6.45) is 2.80. The first-order valence-corrected chi connectivity index (χ1v) is 6.87. The maximum Gasteiger partial charge on any atom is 0.221 e. The predicted octanol–water partition coefficient (Wildman–Crippen LogP) is 2.95. The summed E-state index contributed by atoms with van der Waals surface area (Å²) in [7, 11) is 0. The standard InChI is InChI=1S/C12H11ClN4OS/c13-10-2-4-11(5-3-10)18-7-1-6-17(8-14)12-16-15-9-19-12/h2-5,9H,1,6-7H2. The van der Waals surface area contributed by atoms with Gasteiger partial charge in [0.15, 0.2) is 6.19 Å². The van der Waals surface area contributed by atoms with Crippen LogP contribution in [0.1, 0.15) is 6.42 Å². The Kier molecular flexibility index (Phi) is 4.95. The summed E-state index contributed by atoms with van der Waals surface area (Å²) in [6.45, 7) is 1.08. The quantitative estimate of drug-likeness (QED) is 0.466.